The summed E-state index contributed by atoms with van der Waals surface area (Å²) in [6, 6.07) is 14.2. The molecule has 0 heterocycles. The van der Waals surface area contributed by atoms with Crippen LogP contribution in [0.3, 0.4) is 0 Å². The number of carbonyl (C=O) groups excluding carboxylic acids is 2. The lowest BCUT2D eigenvalue weighted by molar-refractivity contribution is -0.141. The van der Waals surface area contributed by atoms with Crippen molar-refractivity contribution >= 4 is 27.5 Å². The minimum Gasteiger partial charge on any atom is -0.497 e. The van der Waals surface area contributed by atoms with Crippen LogP contribution in [0.5, 0.6) is 5.75 Å². The van der Waals surface area contributed by atoms with Gasteiger partial charge in [-0.1, -0.05) is 50.5 Å². The molecule has 2 aromatic carbocycles. The summed E-state index contributed by atoms with van der Waals surface area (Å²) in [5, 5.41) is 3.20. The van der Waals surface area contributed by atoms with Crippen molar-refractivity contribution in [2.24, 2.45) is 0 Å². The standard InChI is InChI=1S/C30H43N3O5S/c1-5-28(30(35)31-25-14-7-6-8-15-25)32(22-24-13-10-9-12-23(24)2)29(34)16-11-21-33(39(4,36)37)26-17-19-27(38-3)20-18-26/h9-10,12-13,17-20,25,28H,5-8,11,14-16,21-22H2,1-4H3,(H,31,35). The van der Waals surface area contributed by atoms with Gasteiger partial charge in [-0.15, -0.1) is 0 Å². The number of carbonyl (C=O) groups is 2. The maximum atomic E-state index is 13.7. The molecule has 1 saturated carbocycles. The Morgan fingerprint density at radius 2 is 1.72 bits per heavy atom. The van der Waals surface area contributed by atoms with Crippen LogP contribution in [-0.2, 0) is 26.2 Å². The van der Waals surface area contributed by atoms with Gasteiger partial charge < -0.3 is 15.0 Å². The van der Waals surface area contributed by atoms with E-state index in [1.54, 1.807) is 36.3 Å². The third kappa shape index (κ3) is 8.71. The van der Waals surface area contributed by atoms with E-state index in [1.807, 2.05) is 38.1 Å². The SMILES string of the molecule is CCC(C(=O)NC1CCCCC1)N(Cc1ccccc1C)C(=O)CCCN(c1ccc(OC)cc1)S(C)(=O)=O. The summed E-state index contributed by atoms with van der Waals surface area (Å²) in [5.41, 5.74) is 2.56. The van der Waals surface area contributed by atoms with E-state index in [-0.39, 0.29) is 30.8 Å². The molecule has 9 heteroatoms. The topological polar surface area (TPSA) is 96.0 Å². The van der Waals surface area contributed by atoms with Crippen molar-refractivity contribution < 1.29 is 22.7 Å². The van der Waals surface area contributed by atoms with Gasteiger partial charge in [0.25, 0.3) is 0 Å². The number of benzene rings is 2. The van der Waals surface area contributed by atoms with E-state index in [0.717, 1.165) is 43.1 Å². The number of amides is 2. The Morgan fingerprint density at radius 3 is 2.31 bits per heavy atom. The summed E-state index contributed by atoms with van der Waals surface area (Å²) in [7, 11) is -2.01. The van der Waals surface area contributed by atoms with Crippen molar-refractivity contribution in [3.05, 3.63) is 59.7 Å². The first-order chi connectivity index (χ1) is 18.6. The number of methoxy groups -OCH3 is 1. The van der Waals surface area contributed by atoms with E-state index in [9.17, 15) is 18.0 Å². The Hall–Kier alpha value is -3.07. The highest BCUT2D eigenvalue weighted by Gasteiger charge is 2.30. The largest absolute Gasteiger partial charge is 0.497 e. The first kappa shape index (κ1) is 30.5. The number of hydrogen-bond donors (Lipinski definition) is 1. The van der Waals surface area contributed by atoms with Gasteiger partial charge in [0.05, 0.1) is 19.1 Å². The molecule has 0 radical (unpaired) electrons. The van der Waals surface area contributed by atoms with E-state index >= 15 is 0 Å². The van der Waals surface area contributed by atoms with Crippen molar-refractivity contribution in [2.45, 2.75) is 83.8 Å². The van der Waals surface area contributed by atoms with Crippen molar-refractivity contribution in [2.75, 3.05) is 24.2 Å². The summed E-state index contributed by atoms with van der Waals surface area (Å²) in [6.07, 6.45) is 7.47. The zero-order valence-electron chi connectivity index (χ0n) is 23.7. The first-order valence-corrected chi connectivity index (χ1v) is 15.7. The molecule has 2 aromatic rings. The van der Waals surface area contributed by atoms with E-state index in [1.165, 1.54) is 10.7 Å². The van der Waals surface area contributed by atoms with Crippen LogP contribution in [0.4, 0.5) is 5.69 Å². The molecule has 0 saturated heterocycles. The molecule has 0 aromatic heterocycles. The maximum Gasteiger partial charge on any atom is 0.243 e. The summed E-state index contributed by atoms with van der Waals surface area (Å²) in [5.74, 6) is 0.362. The van der Waals surface area contributed by atoms with Crippen LogP contribution in [0.1, 0.15) is 69.4 Å². The van der Waals surface area contributed by atoms with Crippen LogP contribution < -0.4 is 14.4 Å². The van der Waals surface area contributed by atoms with Gasteiger partial charge in [0.15, 0.2) is 0 Å². The number of rotatable bonds is 13. The number of anilines is 1. The molecule has 1 aliphatic carbocycles. The lowest BCUT2D eigenvalue weighted by Gasteiger charge is -2.33. The van der Waals surface area contributed by atoms with Gasteiger partial charge in [0.1, 0.15) is 11.8 Å². The Kier molecular flexibility index (Phi) is 11.2. The Morgan fingerprint density at radius 1 is 1.05 bits per heavy atom. The summed E-state index contributed by atoms with van der Waals surface area (Å²) >= 11 is 0. The lowest BCUT2D eigenvalue weighted by Crippen LogP contribution is -2.51. The number of nitrogens with one attached hydrogen (secondary N) is 1. The Balaban J connectivity index is 1.75. The lowest BCUT2D eigenvalue weighted by atomic mass is 9.95. The zero-order valence-corrected chi connectivity index (χ0v) is 24.5. The molecule has 1 aliphatic rings. The molecule has 39 heavy (non-hydrogen) atoms. The van der Waals surface area contributed by atoms with Gasteiger partial charge in [-0.05, 0) is 68.0 Å². The average Bonchev–Trinajstić information content (AvgIpc) is 2.92. The molecule has 1 fully saturated rings. The van der Waals surface area contributed by atoms with E-state index in [0.29, 0.717) is 30.8 Å². The zero-order chi connectivity index (χ0) is 28.4. The third-order valence-corrected chi connectivity index (χ3v) is 8.65. The van der Waals surface area contributed by atoms with Gasteiger partial charge in [-0.2, -0.15) is 0 Å². The molecule has 8 nitrogen and oxygen atoms in total. The summed E-state index contributed by atoms with van der Waals surface area (Å²) in [6.45, 7) is 4.41. The fourth-order valence-corrected chi connectivity index (χ4v) is 6.15. The molecule has 2 amide bonds. The van der Waals surface area contributed by atoms with Crippen molar-refractivity contribution in [3.8, 4) is 5.75 Å². The van der Waals surface area contributed by atoms with E-state index < -0.39 is 16.1 Å². The van der Waals surface area contributed by atoms with Crippen molar-refractivity contribution in [1.82, 2.24) is 10.2 Å². The molecule has 1 N–H and O–H groups in total. The minimum absolute atomic E-state index is 0.109. The van der Waals surface area contributed by atoms with Crippen LogP contribution >= 0.6 is 0 Å². The van der Waals surface area contributed by atoms with Gasteiger partial charge in [0, 0.05) is 25.6 Å². The first-order valence-electron chi connectivity index (χ1n) is 13.9. The van der Waals surface area contributed by atoms with Gasteiger partial charge in [-0.3, -0.25) is 13.9 Å². The van der Waals surface area contributed by atoms with Crippen molar-refractivity contribution in [1.29, 1.82) is 0 Å². The monoisotopic (exact) mass is 557 g/mol. The second-order valence-corrected chi connectivity index (χ2v) is 12.3. The number of ether oxygens (including phenoxy) is 1. The van der Waals surface area contributed by atoms with Crippen LogP contribution in [0, 0.1) is 6.92 Å². The molecule has 214 valence electrons. The van der Waals surface area contributed by atoms with Gasteiger partial charge >= 0.3 is 0 Å². The Labute approximate surface area is 233 Å². The second kappa shape index (κ2) is 14.4. The number of aryl methyl sites for hydroxylation is 1. The molecule has 0 aliphatic heterocycles. The maximum absolute atomic E-state index is 13.7. The highest BCUT2D eigenvalue weighted by atomic mass is 32.2. The number of sulfonamides is 1. The van der Waals surface area contributed by atoms with E-state index in [2.05, 4.69) is 5.32 Å². The second-order valence-electron chi connectivity index (χ2n) is 10.4. The number of hydrogen-bond acceptors (Lipinski definition) is 5. The molecule has 1 atom stereocenters. The average molecular weight is 558 g/mol. The van der Waals surface area contributed by atoms with Crippen LogP contribution in [0.25, 0.3) is 0 Å². The third-order valence-electron chi connectivity index (χ3n) is 7.45. The quantitative estimate of drug-likeness (QED) is 0.382. The highest BCUT2D eigenvalue weighted by Crippen LogP contribution is 2.23. The fraction of sp³-hybridized carbons (Fsp3) is 0.533. The van der Waals surface area contributed by atoms with E-state index in [4.69, 9.17) is 4.74 Å². The molecule has 3 rings (SSSR count). The predicted octanol–water partition coefficient (Wildman–Crippen LogP) is 4.81. The van der Waals surface area contributed by atoms with Gasteiger partial charge in [-0.25, -0.2) is 8.42 Å². The predicted molar refractivity (Wildman–Crippen MR) is 155 cm³/mol. The number of nitrogens with zero attached hydrogens (tertiary/aromatic N) is 2. The smallest absolute Gasteiger partial charge is 0.243 e. The summed E-state index contributed by atoms with van der Waals surface area (Å²) in [4.78, 5) is 28.8. The molecule has 0 spiro atoms. The normalized spacial score (nSPS) is 14.9. The minimum atomic E-state index is -3.56. The van der Waals surface area contributed by atoms with Crippen LogP contribution in [0.2, 0.25) is 0 Å². The highest BCUT2D eigenvalue weighted by molar-refractivity contribution is 7.92. The molecule has 0 bridgehead atoms. The van der Waals surface area contributed by atoms with Crippen LogP contribution in [0.15, 0.2) is 48.5 Å². The van der Waals surface area contributed by atoms with Crippen molar-refractivity contribution in [3.63, 3.8) is 0 Å². The van der Waals surface area contributed by atoms with Crippen LogP contribution in [-0.4, -0.2) is 57.1 Å². The Bertz CT molecular complexity index is 1190. The van der Waals surface area contributed by atoms with Gasteiger partial charge in [0.2, 0.25) is 21.8 Å². The fourth-order valence-electron chi connectivity index (χ4n) is 5.19. The molecule has 1 unspecified atom stereocenters. The summed E-state index contributed by atoms with van der Waals surface area (Å²) < 4.78 is 31.6. The molecular formula is C30H43N3O5S. The molecular weight excluding hydrogens is 514 g/mol.